The Kier molecular flexibility index (Phi) is 3.29. The van der Waals surface area contributed by atoms with Crippen LogP contribution in [0.4, 0.5) is 0 Å². The van der Waals surface area contributed by atoms with Gasteiger partial charge in [0, 0.05) is 24.7 Å². The van der Waals surface area contributed by atoms with E-state index in [9.17, 15) is 4.79 Å². The molecule has 2 aliphatic heterocycles. The fraction of sp³-hybridized carbons (Fsp3) is 0.533. The van der Waals surface area contributed by atoms with Gasteiger partial charge in [0.05, 0.1) is 13.2 Å². The molecular weight excluding hydrogens is 240 g/mol. The lowest BCUT2D eigenvalue weighted by Gasteiger charge is -2.35. The Balaban J connectivity index is 1.77. The van der Waals surface area contributed by atoms with E-state index in [0.29, 0.717) is 19.1 Å². The lowest BCUT2D eigenvalue weighted by atomic mass is 9.94. The van der Waals surface area contributed by atoms with Crippen molar-refractivity contribution in [3.8, 4) is 0 Å². The molecule has 0 spiro atoms. The van der Waals surface area contributed by atoms with Crippen molar-refractivity contribution < 1.29 is 9.53 Å². The van der Waals surface area contributed by atoms with E-state index in [1.54, 1.807) is 0 Å². The van der Waals surface area contributed by atoms with Crippen LogP contribution in [0.25, 0.3) is 0 Å². The van der Waals surface area contributed by atoms with Gasteiger partial charge in [-0.2, -0.15) is 0 Å². The summed E-state index contributed by atoms with van der Waals surface area (Å²) in [5.74, 6) is 0.490. The quantitative estimate of drug-likeness (QED) is 0.833. The van der Waals surface area contributed by atoms with Crippen molar-refractivity contribution in [1.82, 2.24) is 4.90 Å². The highest BCUT2D eigenvalue weighted by Gasteiger charge is 2.27. The van der Waals surface area contributed by atoms with E-state index in [1.807, 2.05) is 23.1 Å². The molecule has 0 aromatic heterocycles. The standard InChI is InChI=1S/C15H20N2O2/c1-10-7-17(5-4-14(10)16)15(18)11-2-3-12-8-19-9-13(12)6-11/h2-3,6,10,14H,4-5,7-9,16H2,1H3. The first kappa shape index (κ1) is 12.6. The van der Waals surface area contributed by atoms with Crippen LogP contribution < -0.4 is 5.73 Å². The summed E-state index contributed by atoms with van der Waals surface area (Å²) in [5, 5.41) is 0. The Hall–Kier alpha value is -1.39. The molecule has 1 fully saturated rings. The van der Waals surface area contributed by atoms with Crippen LogP contribution in [0, 0.1) is 5.92 Å². The summed E-state index contributed by atoms with van der Waals surface area (Å²) >= 11 is 0. The maximum atomic E-state index is 12.5. The molecule has 2 aliphatic rings. The number of ether oxygens (including phenoxy) is 1. The predicted octanol–water partition coefficient (Wildman–Crippen LogP) is 1.53. The molecule has 1 saturated heterocycles. The molecule has 1 amide bonds. The number of rotatable bonds is 1. The average Bonchev–Trinajstić information content (AvgIpc) is 2.88. The molecular formula is C15H20N2O2. The molecule has 4 heteroatoms. The summed E-state index contributed by atoms with van der Waals surface area (Å²) in [7, 11) is 0. The topological polar surface area (TPSA) is 55.6 Å². The molecule has 0 saturated carbocycles. The highest BCUT2D eigenvalue weighted by Crippen LogP contribution is 2.23. The number of benzene rings is 1. The van der Waals surface area contributed by atoms with Gasteiger partial charge in [-0.1, -0.05) is 13.0 Å². The summed E-state index contributed by atoms with van der Waals surface area (Å²) < 4.78 is 5.38. The zero-order valence-electron chi connectivity index (χ0n) is 11.3. The first-order valence-electron chi connectivity index (χ1n) is 6.89. The summed E-state index contributed by atoms with van der Waals surface area (Å²) in [4.78, 5) is 14.4. The molecule has 0 bridgehead atoms. The number of fused-ring (bicyclic) bond motifs is 1. The van der Waals surface area contributed by atoms with Crippen molar-refractivity contribution in [3.05, 3.63) is 34.9 Å². The Labute approximate surface area is 113 Å². The van der Waals surface area contributed by atoms with Crippen LogP contribution in [-0.4, -0.2) is 29.9 Å². The zero-order chi connectivity index (χ0) is 13.4. The molecule has 1 aromatic carbocycles. The van der Waals surface area contributed by atoms with Crippen molar-refractivity contribution in [2.24, 2.45) is 11.7 Å². The van der Waals surface area contributed by atoms with Crippen LogP contribution >= 0.6 is 0 Å². The van der Waals surface area contributed by atoms with E-state index in [2.05, 4.69) is 6.92 Å². The van der Waals surface area contributed by atoms with E-state index in [4.69, 9.17) is 10.5 Å². The third kappa shape index (κ3) is 2.38. The van der Waals surface area contributed by atoms with Gasteiger partial charge in [-0.15, -0.1) is 0 Å². The van der Waals surface area contributed by atoms with E-state index < -0.39 is 0 Å². The average molecular weight is 260 g/mol. The van der Waals surface area contributed by atoms with Crippen LogP contribution in [-0.2, 0) is 18.0 Å². The van der Waals surface area contributed by atoms with Gasteiger partial charge in [0.15, 0.2) is 0 Å². The van der Waals surface area contributed by atoms with Crippen LogP contribution in [0.5, 0.6) is 0 Å². The molecule has 0 aliphatic carbocycles. The van der Waals surface area contributed by atoms with Crippen LogP contribution in [0.2, 0.25) is 0 Å². The minimum Gasteiger partial charge on any atom is -0.372 e. The Bertz CT molecular complexity index is 501. The Morgan fingerprint density at radius 3 is 2.95 bits per heavy atom. The van der Waals surface area contributed by atoms with Crippen molar-refractivity contribution in [2.45, 2.75) is 32.6 Å². The minimum atomic E-state index is 0.119. The molecule has 2 heterocycles. The van der Waals surface area contributed by atoms with Gasteiger partial charge in [0.1, 0.15) is 0 Å². The maximum Gasteiger partial charge on any atom is 0.253 e. The fourth-order valence-electron chi connectivity index (χ4n) is 2.84. The normalized spacial score (nSPS) is 26.3. The Morgan fingerprint density at radius 2 is 2.16 bits per heavy atom. The SMILES string of the molecule is CC1CN(C(=O)c2ccc3c(c2)COC3)CCC1N. The second-order valence-electron chi connectivity index (χ2n) is 5.66. The monoisotopic (exact) mass is 260 g/mol. The molecule has 3 rings (SSSR count). The number of piperidine rings is 1. The van der Waals surface area contributed by atoms with Crippen LogP contribution in [0.15, 0.2) is 18.2 Å². The fourth-order valence-corrected chi connectivity index (χ4v) is 2.84. The van der Waals surface area contributed by atoms with Crippen molar-refractivity contribution in [3.63, 3.8) is 0 Å². The summed E-state index contributed by atoms with van der Waals surface area (Å²) in [5.41, 5.74) is 9.11. The highest BCUT2D eigenvalue weighted by atomic mass is 16.5. The largest absolute Gasteiger partial charge is 0.372 e. The lowest BCUT2D eigenvalue weighted by molar-refractivity contribution is 0.0664. The maximum absolute atomic E-state index is 12.5. The number of nitrogens with two attached hydrogens (primary N) is 1. The molecule has 0 radical (unpaired) electrons. The second kappa shape index (κ2) is 4.94. The van der Waals surface area contributed by atoms with E-state index in [1.165, 1.54) is 5.56 Å². The molecule has 4 nitrogen and oxygen atoms in total. The first-order valence-corrected chi connectivity index (χ1v) is 6.89. The van der Waals surface area contributed by atoms with E-state index in [0.717, 1.165) is 30.6 Å². The van der Waals surface area contributed by atoms with Gasteiger partial charge in [0.2, 0.25) is 0 Å². The zero-order valence-corrected chi connectivity index (χ0v) is 11.3. The minimum absolute atomic E-state index is 0.119. The Morgan fingerprint density at radius 1 is 1.37 bits per heavy atom. The lowest BCUT2D eigenvalue weighted by Crippen LogP contribution is -2.48. The number of carbonyl (C=O) groups excluding carboxylic acids is 1. The molecule has 1 aromatic rings. The molecule has 102 valence electrons. The number of hydrogen-bond acceptors (Lipinski definition) is 3. The van der Waals surface area contributed by atoms with Crippen molar-refractivity contribution in [2.75, 3.05) is 13.1 Å². The van der Waals surface area contributed by atoms with Crippen molar-refractivity contribution >= 4 is 5.91 Å². The number of nitrogens with zero attached hydrogens (tertiary/aromatic N) is 1. The van der Waals surface area contributed by atoms with E-state index in [-0.39, 0.29) is 11.9 Å². The van der Waals surface area contributed by atoms with Crippen molar-refractivity contribution in [1.29, 1.82) is 0 Å². The third-order valence-corrected chi connectivity index (χ3v) is 4.23. The summed E-state index contributed by atoms with van der Waals surface area (Å²) in [6.45, 7) is 4.92. The summed E-state index contributed by atoms with van der Waals surface area (Å²) in [6.07, 6.45) is 0.890. The molecule has 2 atom stereocenters. The van der Waals surface area contributed by atoms with Gasteiger partial charge in [-0.25, -0.2) is 0 Å². The number of amides is 1. The van der Waals surface area contributed by atoms with Crippen LogP contribution in [0.3, 0.4) is 0 Å². The predicted molar refractivity (Wildman–Crippen MR) is 72.6 cm³/mol. The van der Waals surface area contributed by atoms with Gasteiger partial charge in [0.25, 0.3) is 5.91 Å². The highest BCUT2D eigenvalue weighted by molar-refractivity contribution is 5.94. The van der Waals surface area contributed by atoms with Crippen LogP contribution in [0.1, 0.15) is 34.8 Å². The van der Waals surface area contributed by atoms with Gasteiger partial charge in [-0.3, -0.25) is 4.79 Å². The molecule has 19 heavy (non-hydrogen) atoms. The first-order chi connectivity index (χ1) is 9.15. The second-order valence-corrected chi connectivity index (χ2v) is 5.66. The van der Waals surface area contributed by atoms with Gasteiger partial charge in [-0.05, 0) is 35.6 Å². The molecule has 2 unspecified atom stereocenters. The van der Waals surface area contributed by atoms with E-state index >= 15 is 0 Å². The van der Waals surface area contributed by atoms with Gasteiger partial charge < -0.3 is 15.4 Å². The summed E-state index contributed by atoms with van der Waals surface area (Å²) in [6, 6.07) is 6.12. The smallest absolute Gasteiger partial charge is 0.253 e. The number of hydrogen-bond donors (Lipinski definition) is 1. The van der Waals surface area contributed by atoms with Gasteiger partial charge >= 0.3 is 0 Å². The molecule has 2 N–H and O–H groups in total. The number of likely N-dealkylation sites (tertiary alicyclic amines) is 1. The third-order valence-electron chi connectivity index (χ3n) is 4.23. The number of carbonyl (C=O) groups is 1.